The Balaban J connectivity index is 0.00000180. The highest BCUT2D eigenvalue weighted by molar-refractivity contribution is 5.85. The molecule has 2 saturated heterocycles. The molecule has 0 aromatic heterocycles. The summed E-state index contributed by atoms with van der Waals surface area (Å²) in [6.45, 7) is 6.65. The number of piperidine rings is 1. The van der Waals surface area contributed by atoms with E-state index in [-0.39, 0.29) is 12.4 Å². The maximum atomic E-state index is 12.3. The fraction of sp³-hybridized carbons (Fsp3) is 0.929. The Morgan fingerprint density at radius 1 is 1.16 bits per heavy atom. The molecule has 2 N–H and O–H groups in total. The van der Waals surface area contributed by atoms with Crippen LogP contribution in [0.1, 0.15) is 39.0 Å². The van der Waals surface area contributed by atoms with E-state index in [1.54, 1.807) is 0 Å². The second kappa shape index (κ2) is 8.08. The third-order valence-corrected chi connectivity index (χ3v) is 4.37. The van der Waals surface area contributed by atoms with Crippen LogP contribution in [0.3, 0.4) is 0 Å². The monoisotopic (exact) mass is 289 g/mol. The third kappa shape index (κ3) is 4.93. The molecule has 2 aliphatic heterocycles. The largest absolute Gasteiger partial charge is 0.342 e. The topological polar surface area (TPSA) is 49.6 Å². The summed E-state index contributed by atoms with van der Waals surface area (Å²) in [7, 11) is 0. The van der Waals surface area contributed by atoms with Gasteiger partial charge in [-0.2, -0.15) is 0 Å². The van der Waals surface area contributed by atoms with Gasteiger partial charge in [0.1, 0.15) is 0 Å². The van der Waals surface area contributed by atoms with Gasteiger partial charge in [0.25, 0.3) is 0 Å². The van der Waals surface area contributed by atoms with Gasteiger partial charge < -0.3 is 10.6 Å². The first kappa shape index (κ1) is 16.7. The molecular formula is C14H28ClN3O. The van der Waals surface area contributed by atoms with Gasteiger partial charge in [0.2, 0.25) is 5.91 Å². The molecule has 0 aromatic carbocycles. The first-order chi connectivity index (χ1) is 8.66. The van der Waals surface area contributed by atoms with Crippen molar-refractivity contribution in [1.29, 1.82) is 0 Å². The molecule has 0 saturated carbocycles. The van der Waals surface area contributed by atoms with Crippen molar-refractivity contribution in [2.75, 3.05) is 32.7 Å². The van der Waals surface area contributed by atoms with Gasteiger partial charge in [0.15, 0.2) is 0 Å². The molecule has 112 valence electrons. The van der Waals surface area contributed by atoms with Gasteiger partial charge in [-0.05, 0) is 25.2 Å². The van der Waals surface area contributed by atoms with Crippen LogP contribution in [0.25, 0.3) is 0 Å². The van der Waals surface area contributed by atoms with Crippen molar-refractivity contribution >= 4 is 18.3 Å². The zero-order valence-corrected chi connectivity index (χ0v) is 12.8. The van der Waals surface area contributed by atoms with Crippen LogP contribution in [0.15, 0.2) is 0 Å². The quantitative estimate of drug-likeness (QED) is 0.838. The van der Waals surface area contributed by atoms with Gasteiger partial charge in [-0.1, -0.05) is 19.8 Å². The lowest BCUT2D eigenvalue weighted by molar-refractivity contribution is -0.132. The third-order valence-electron chi connectivity index (χ3n) is 4.37. The minimum Gasteiger partial charge on any atom is -0.342 e. The van der Waals surface area contributed by atoms with E-state index >= 15 is 0 Å². The average Bonchev–Trinajstić information content (AvgIpc) is 2.62. The SMILES string of the molecule is CC1CN(CC(=O)N2CCCCCC2)CCC1N.Cl. The molecule has 2 atom stereocenters. The number of hydrogen-bond donors (Lipinski definition) is 1. The van der Waals surface area contributed by atoms with E-state index in [1.807, 2.05) is 0 Å². The number of likely N-dealkylation sites (tertiary alicyclic amines) is 2. The minimum atomic E-state index is 0. The van der Waals surface area contributed by atoms with E-state index in [0.717, 1.165) is 32.6 Å². The number of halogens is 1. The molecule has 0 bridgehead atoms. The summed E-state index contributed by atoms with van der Waals surface area (Å²) in [5.74, 6) is 0.829. The van der Waals surface area contributed by atoms with Crippen molar-refractivity contribution in [3.8, 4) is 0 Å². The Bertz CT molecular complexity index is 280. The van der Waals surface area contributed by atoms with E-state index in [2.05, 4.69) is 16.7 Å². The number of carbonyl (C=O) groups is 1. The zero-order chi connectivity index (χ0) is 13.0. The zero-order valence-electron chi connectivity index (χ0n) is 12.0. The van der Waals surface area contributed by atoms with Crippen LogP contribution in [-0.4, -0.2) is 54.5 Å². The summed E-state index contributed by atoms with van der Waals surface area (Å²) < 4.78 is 0. The predicted octanol–water partition coefficient (Wildman–Crippen LogP) is 1.48. The predicted molar refractivity (Wildman–Crippen MR) is 80.5 cm³/mol. The van der Waals surface area contributed by atoms with Gasteiger partial charge in [0, 0.05) is 32.2 Å². The Morgan fingerprint density at radius 3 is 2.37 bits per heavy atom. The lowest BCUT2D eigenvalue weighted by Crippen LogP contribution is -2.49. The fourth-order valence-electron chi connectivity index (χ4n) is 3.01. The average molecular weight is 290 g/mol. The molecular weight excluding hydrogens is 262 g/mol. The molecule has 2 heterocycles. The van der Waals surface area contributed by atoms with E-state index in [9.17, 15) is 4.79 Å². The molecule has 4 nitrogen and oxygen atoms in total. The van der Waals surface area contributed by atoms with Crippen molar-refractivity contribution in [2.45, 2.75) is 45.1 Å². The molecule has 0 aliphatic carbocycles. The second-order valence-corrected chi connectivity index (χ2v) is 5.96. The van der Waals surface area contributed by atoms with Gasteiger partial charge in [-0.3, -0.25) is 9.69 Å². The highest BCUT2D eigenvalue weighted by Gasteiger charge is 2.25. The number of nitrogens with zero attached hydrogens (tertiary/aromatic N) is 2. The normalized spacial score (nSPS) is 29.5. The van der Waals surface area contributed by atoms with Gasteiger partial charge in [0.05, 0.1) is 6.54 Å². The highest BCUT2D eigenvalue weighted by Crippen LogP contribution is 2.15. The number of nitrogens with two attached hydrogens (primary N) is 1. The summed E-state index contributed by atoms with van der Waals surface area (Å²) in [5.41, 5.74) is 6.01. The molecule has 0 radical (unpaired) electrons. The van der Waals surface area contributed by atoms with Crippen LogP contribution in [0.5, 0.6) is 0 Å². The molecule has 1 amide bonds. The van der Waals surface area contributed by atoms with Crippen molar-refractivity contribution in [1.82, 2.24) is 9.80 Å². The van der Waals surface area contributed by atoms with Crippen LogP contribution in [0.4, 0.5) is 0 Å². The van der Waals surface area contributed by atoms with Gasteiger partial charge >= 0.3 is 0 Å². The smallest absolute Gasteiger partial charge is 0.236 e. The van der Waals surface area contributed by atoms with Crippen LogP contribution in [0.2, 0.25) is 0 Å². The van der Waals surface area contributed by atoms with Gasteiger partial charge in [-0.25, -0.2) is 0 Å². The van der Waals surface area contributed by atoms with Crippen LogP contribution in [0, 0.1) is 5.92 Å². The Morgan fingerprint density at radius 2 is 1.79 bits per heavy atom. The fourth-order valence-corrected chi connectivity index (χ4v) is 3.01. The summed E-state index contributed by atoms with van der Waals surface area (Å²) in [6, 6.07) is 0.314. The molecule has 2 rings (SSSR count). The second-order valence-electron chi connectivity index (χ2n) is 5.96. The van der Waals surface area contributed by atoms with E-state index < -0.39 is 0 Å². The Hall–Kier alpha value is -0.320. The summed E-state index contributed by atoms with van der Waals surface area (Å²) >= 11 is 0. The lowest BCUT2D eigenvalue weighted by Gasteiger charge is -2.35. The number of hydrogen-bond acceptors (Lipinski definition) is 3. The summed E-state index contributed by atoms with van der Waals surface area (Å²) in [4.78, 5) is 16.6. The standard InChI is InChI=1S/C14H27N3O.ClH/c1-12-10-16(9-6-13(12)15)11-14(18)17-7-4-2-3-5-8-17;/h12-13H,2-11,15H2,1H3;1H. The minimum absolute atomic E-state index is 0. The summed E-state index contributed by atoms with van der Waals surface area (Å²) in [6.07, 6.45) is 5.92. The first-order valence-corrected chi connectivity index (χ1v) is 7.42. The molecule has 19 heavy (non-hydrogen) atoms. The molecule has 2 aliphatic rings. The van der Waals surface area contributed by atoms with Crippen LogP contribution >= 0.6 is 12.4 Å². The number of rotatable bonds is 2. The van der Waals surface area contributed by atoms with E-state index in [4.69, 9.17) is 5.73 Å². The van der Waals surface area contributed by atoms with Crippen LogP contribution < -0.4 is 5.73 Å². The Kier molecular flexibility index (Phi) is 7.11. The molecule has 5 heteroatoms. The van der Waals surface area contributed by atoms with Crippen molar-refractivity contribution in [2.24, 2.45) is 11.7 Å². The van der Waals surface area contributed by atoms with E-state index in [1.165, 1.54) is 25.7 Å². The number of carbonyl (C=O) groups excluding carboxylic acids is 1. The highest BCUT2D eigenvalue weighted by atomic mass is 35.5. The lowest BCUT2D eigenvalue weighted by atomic mass is 9.95. The molecule has 2 fully saturated rings. The molecule has 0 spiro atoms. The van der Waals surface area contributed by atoms with Crippen molar-refractivity contribution in [3.05, 3.63) is 0 Å². The maximum Gasteiger partial charge on any atom is 0.236 e. The summed E-state index contributed by atoms with van der Waals surface area (Å²) in [5, 5.41) is 0. The molecule has 0 aromatic rings. The van der Waals surface area contributed by atoms with Crippen molar-refractivity contribution < 1.29 is 4.79 Å². The number of amides is 1. The Labute approximate surface area is 123 Å². The van der Waals surface area contributed by atoms with Crippen LogP contribution in [-0.2, 0) is 4.79 Å². The first-order valence-electron chi connectivity index (χ1n) is 7.42. The van der Waals surface area contributed by atoms with Gasteiger partial charge in [-0.15, -0.1) is 12.4 Å². The maximum absolute atomic E-state index is 12.3. The molecule has 2 unspecified atom stereocenters. The van der Waals surface area contributed by atoms with E-state index in [0.29, 0.717) is 24.4 Å². The van der Waals surface area contributed by atoms with Crippen molar-refractivity contribution in [3.63, 3.8) is 0 Å².